The Kier molecular flexibility index (Phi) is 2.89. The summed E-state index contributed by atoms with van der Waals surface area (Å²) < 4.78 is 1.23. The number of aromatic carboxylic acids is 1. The maximum atomic E-state index is 10.9. The van der Waals surface area contributed by atoms with Crippen LogP contribution in [0.15, 0.2) is 48.0 Å². The number of fused-ring (bicyclic) bond motifs is 1. The molecule has 0 amide bonds. The molecule has 0 fully saturated rings. The topological polar surface area (TPSA) is 62.2 Å². The van der Waals surface area contributed by atoms with Crippen LogP contribution in [0.5, 0.6) is 0 Å². The van der Waals surface area contributed by atoms with Crippen molar-refractivity contribution >= 4 is 38.8 Å². The summed E-state index contributed by atoms with van der Waals surface area (Å²) in [6, 6.07) is 11.4. The van der Waals surface area contributed by atoms with Crippen LogP contribution in [0, 0.1) is 0 Å². The summed E-state index contributed by atoms with van der Waals surface area (Å²) in [6.45, 7) is 0. The first-order valence-corrected chi connectivity index (χ1v) is 6.54. The van der Waals surface area contributed by atoms with Crippen LogP contribution in [-0.4, -0.2) is 16.1 Å². The molecule has 2 aromatic heterocycles. The van der Waals surface area contributed by atoms with Gasteiger partial charge in [-0.2, -0.15) is 0 Å². The quantitative estimate of drug-likeness (QED) is 0.761. The fourth-order valence-corrected chi connectivity index (χ4v) is 2.61. The number of nitrogens with one attached hydrogen (secondary N) is 1. The molecule has 4 nitrogen and oxygen atoms in total. The molecule has 1 aromatic carbocycles. The molecule has 0 atom stereocenters. The van der Waals surface area contributed by atoms with Gasteiger partial charge in [0.25, 0.3) is 0 Å². The molecule has 0 aliphatic rings. The molecule has 0 radical (unpaired) electrons. The number of anilines is 2. The van der Waals surface area contributed by atoms with E-state index in [-0.39, 0.29) is 5.69 Å². The Morgan fingerprint density at radius 3 is 2.84 bits per heavy atom. The molecular formula is C14H10N2O2S. The van der Waals surface area contributed by atoms with E-state index in [0.29, 0.717) is 5.69 Å². The van der Waals surface area contributed by atoms with Crippen molar-refractivity contribution in [1.82, 2.24) is 4.98 Å². The molecular weight excluding hydrogens is 260 g/mol. The molecule has 0 spiro atoms. The van der Waals surface area contributed by atoms with Crippen LogP contribution in [0.3, 0.4) is 0 Å². The zero-order chi connectivity index (χ0) is 13.2. The maximum absolute atomic E-state index is 10.9. The lowest BCUT2D eigenvalue weighted by Crippen LogP contribution is -2.00. The van der Waals surface area contributed by atoms with Gasteiger partial charge in [0.1, 0.15) is 5.69 Å². The fraction of sp³-hybridized carbons (Fsp3) is 0. The summed E-state index contributed by atoms with van der Waals surface area (Å²) in [5.41, 5.74) is 1.66. The largest absolute Gasteiger partial charge is 0.477 e. The van der Waals surface area contributed by atoms with Gasteiger partial charge in [-0.15, -0.1) is 11.3 Å². The number of carboxylic acids is 1. The normalized spacial score (nSPS) is 10.5. The van der Waals surface area contributed by atoms with Crippen LogP contribution >= 0.6 is 11.3 Å². The number of aromatic nitrogens is 1. The van der Waals surface area contributed by atoms with Crippen molar-refractivity contribution in [1.29, 1.82) is 0 Å². The van der Waals surface area contributed by atoms with E-state index in [2.05, 4.69) is 16.4 Å². The Bertz CT molecular complexity index is 752. The van der Waals surface area contributed by atoms with Crippen LogP contribution in [0.25, 0.3) is 10.1 Å². The minimum atomic E-state index is -1.03. The van der Waals surface area contributed by atoms with E-state index >= 15 is 0 Å². The third-order valence-corrected chi connectivity index (χ3v) is 3.62. The first-order valence-electron chi connectivity index (χ1n) is 5.66. The lowest BCUT2D eigenvalue weighted by atomic mass is 10.2. The average Bonchev–Trinajstić information content (AvgIpc) is 2.86. The number of thiophene rings is 1. The van der Waals surface area contributed by atoms with Gasteiger partial charge >= 0.3 is 5.97 Å². The number of rotatable bonds is 3. The smallest absolute Gasteiger partial charge is 0.354 e. The second kappa shape index (κ2) is 4.70. The zero-order valence-electron chi connectivity index (χ0n) is 9.83. The Morgan fingerprint density at radius 2 is 2.00 bits per heavy atom. The summed E-state index contributed by atoms with van der Waals surface area (Å²) in [5, 5.41) is 15.3. The van der Waals surface area contributed by atoms with E-state index in [1.807, 2.05) is 23.6 Å². The number of hydrogen-bond donors (Lipinski definition) is 2. The lowest BCUT2D eigenvalue weighted by molar-refractivity contribution is 0.0690. The Morgan fingerprint density at radius 1 is 1.16 bits per heavy atom. The highest BCUT2D eigenvalue weighted by molar-refractivity contribution is 7.17. The average molecular weight is 270 g/mol. The molecule has 2 heterocycles. The van der Waals surface area contributed by atoms with Crippen molar-refractivity contribution in [3.05, 3.63) is 53.7 Å². The minimum absolute atomic E-state index is 0.0293. The van der Waals surface area contributed by atoms with Crippen molar-refractivity contribution in [3.8, 4) is 0 Å². The third kappa shape index (κ3) is 2.41. The highest BCUT2D eigenvalue weighted by Gasteiger charge is 2.05. The second-order valence-corrected chi connectivity index (χ2v) is 4.98. The van der Waals surface area contributed by atoms with Gasteiger partial charge in [-0.1, -0.05) is 0 Å². The van der Waals surface area contributed by atoms with Crippen LogP contribution in [0.2, 0.25) is 0 Å². The monoisotopic (exact) mass is 270 g/mol. The van der Waals surface area contributed by atoms with Crippen LogP contribution in [-0.2, 0) is 0 Å². The lowest BCUT2D eigenvalue weighted by Gasteiger charge is -2.06. The zero-order valence-corrected chi connectivity index (χ0v) is 10.6. The van der Waals surface area contributed by atoms with Crippen LogP contribution in [0.4, 0.5) is 11.4 Å². The molecule has 0 aliphatic heterocycles. The van der Waals surface area contributed by atoms with Gasteiger partial charge in [0.05, 0.1) is 0 Å². The minimum Gasteiger partial charge on any atom is -0.477 e. The summed E-state index contributed by atoms with van der Waals surface area (Å²) in [7, 11) is 0. The number of carboxylic acid groups (broad SMARTS) is 1. The van der Waals surface area contributed by atoms with Gasteiger partial charge < -0.3 is 10.4 Å². The molecule has 0 saturated carbocycles. The second-order valence-electron chi connectivity index (χ2n) is 4.03. The van der Waals surface area contributed by atoms with Gasteiger partial charge in [0.2, 0.25) is 0 Å². The Hall–Kier alpha value is -2.40. The highest BCUT2D eigenvalue weighted by atomic mass is 32.1. The van der Waals surface area contributed by atoms with E-state index in [4.69, 9.17) is 5.11 Å². The number of pyridine rings is 1. The summed E-state index contributed by atoms with van der Waals surface area (Å²) in [6.07, 6.45) is 1.48. The van der Waals surface area contributed by atoms with Crippen molar-refractivity contribution in [2.45, 2.75) is 0 Å². The first-order chi connectivity index (χ1) is 9.22. The molecule has 5 heteroatoms. The SMILES string of the molecule is O=C(O)c1cc(Nc2ccc3sccc3c2)ccn1. The van der Waals surface area contributed by atoms with Gasteiger partial charge in [-0.3, -0.25) is 0 Å². The molecule has 94 valence electrons. The first kappa shape index (κ1) is 11.7. The van der Waals surface area contributed by atoms with E-state index < -0.39 is 5.97 Å². The standard InChI is InChI=1S/C14H10N2O2S/c17-14(18)12-8-11(3-5-15-12)16-10-1-2-13-9(7-10)4-6-19-13/h1-8H,(H,15,16)(H,17,18). The van der Waals surface area contributed by atoms with E-state index in [1.165, 1.54) is 22.3 Å². The highest BCUT2D eigenvalue weighted by Crippen LogP contribution is 2.25. The van der Waals surface area contributed by atoms with Crippen molar-refractivity contribution < 1.29 is 9.90 Å². The molecule has 19 heavy (non-hydrogen) atoms. The number of benzene rings is 1. The van der Waals surface area contributed by atoms with Gasteiger partial charge in [-0.25, -0.2) is 9.78 Å². The number of hydrogen-bond acceptors (Lipinski definition) is 4. The number of nitrogens with zero attached hydrogens (tertiary/aromatic N) is 1. The van der Waals surface area contributed by atoms with Crippen molar-refractivity contribution in [3.63, 3.8) is 0 Å². The molecule has 2 N–H and O–H groups in total. The molecule has 0 bridgehead atoms. The van der Waals surface area contributed by atoms with Gasteiger partial charge in [-0.05, 0) is 47.2 Å². The molecule has 3 aromatic rings. The van der Waals surface area contributed by atoms with Gasteiger partial charge in [0.15, 0.2) is 0 Å². The summed E-state index contributed by atoms with van der Waals surface area (Å²) >= 11 is 1.69. The Balaban J connectivity index is 1.91. The van der Waals surface area contributed by atoms with E-state index in [1.54, 1.807) is 17.4 Å². The van der Waals surface area contributed by atoms with Crippen LogP contribution < -0.4 is 5.32 Å². The van der Waals surface area contributed by atoms with E-state index in [0.717, 1.165) is 5.69 Å². The van der Waals surface area contributed by atoms with Gasteiger partial charge in [0, 0.05) is 22.3 Å². The number of carbonyl (C=O) groups is 1. The van der Waals surface area contributed by atoms with E-state index in [9.17, 15) is 4.79 Å². The summed E-state index contributed by atoms with van der Waals surface area (Å²) in [5.74, 6) is -1.03. The fourth-order valence-electron chi connectivity index (χ4n) is 1.84. The predicted molar refractivity (Wildman–Crippen MR) is 76.3 cm³/mol. The molecule has 0 unspecified atom stereocenters. The Labute approximate surface area is 113 Å². The van der Waals surface area contributed by atoms with Crippen molar-refractivity contribution in [2.75, 3.05) is 5.32 Å². The maximum Gasteiger partial charge on any atom is 0.354 e. The predicted octanol–water partition coefficient (Wildman–Crippen LogP) is 3.74. The third-order valence-electron chi connectivity index (χ3n) is 2.72. The molecule has 0 aliphatic carbocycles. The molecule has 3 rings (SSSR count). The molecule has 0 saturated heterocycles. The summed E-state index contributed by atoms with van der Waals surface area (Å²) in [4.78, 5) is 14.6. The van der Waals surface area contributed by atoms with Crippen molar-refractivity contribution in [2.24, 2.45) is 0 Å². The van der Waals surface area contributed by atoms with Crippen LogP contribution in [0.1, 0.15) is 10.5 Å².